The number of aliphatic hydroxyl groups excluding tert-OH is 10. The van der Waals surface area contributed by atoms with Crippen LogP contribution in [0.4, 0.5) is 0 Å². The highest BCUT2D eigenvalue weighted by Gasteiger charge is 2.68. The molecule has 532 valence electrons. The zero-order valence-electron chi connectivity index (χ0n) is 52.7. The Hall–Kier alpha value is -6.13. The highest BCUT2D eigenvalue weighted by molar-refractivity contribution is 6.24. The van der Waals surface area contributed by atoms with E-state index in [0.29, 0.717) is 0 Å². The maximum absolute atomic E-state index is 13.7. The number of hydrogen-bond donors (Lipinski definition) is 24. The number of aromatic hydroxyl groups is 1. The van der Waals surface area contributed by atoms with Crippen LogP contribution in [-0.4, -0.2) is 322 Å². The van der Waals surface area contributed by atoms with Crippen molar-refractivity contribution in [2.45, 2.75) is 197 Å². The molecule has 38 nitrogen and oxygen atoms in total. The molecule has 0 radical (unpaired) electrons. The number of phenols is 1. The van der Waals surface area contributed by atoms with E-state index in [1.807, 2.05) is 0 Å². The lowest BCUT2D eigenvalue weighted by molar-refractivity contribution is -0.420. The molecule has 1 aromatic rings. The summed E-state index contributed by atoms with van der Waals surface area (Å²) >= 11 is 0. The largest absolute Gasteiger partial charge is 0.508 e. The fourth-order valence-electron chi connectivity index (χ4n) is 14.3. The average molecular weight is 1360 g/mol. The molecular formula is C57H87N11O27. The normalized spacial score (nSPS) is 44.5. The lowest BCUT2D eigenvalue weighted by atomic mass is 9.54. The third-order valence-electron chi connectivity index (χ3n) is 19.3. The molecule has 0 unspecified atom stereocenters. The summed E-state index contributed by atoms with van der Waals surface area (Å²) in [5.74, 6) is -11.8. The van der Waals surface area contributed by atoms with Gasteiger partial charge < -0.3 is 154 Å². The summed E-state index contributed by atoms with van der Waals surface area (Å²) < 4.78 is 39.8. The number of aliphatic hydroxyl groups is 14. The van der Waals surface area contributed by atoms with Crippen LogP contribution in [0.5, 0.6) is 5.75 Å². The zero-order chi connectivity index (χ0) is 71.0. The minimum atomic E-state index is -2.75. The van der Waals surface area contributed by atoms with Crippen LogP contribution < -0.4 is 44.2 Å². The van der Waals surface area contributed by atoms with Crippen molar-refractivity contribution in [2.75, 3.05) is 41.8 Å². The predicted molar refractivity (Wildman–Crippen MR) is 319 cm³/mol. The first-order valence-corrected chi connectivity index (χ1v) is 30.1. The number of nitrogens with two attached hydrogens (primary N) is 4. The second kappa shape index (κ2) is 28.0. The highest BCUT2D eigenvalue weighted by atomic mass is 16.8. The molecule has 7 fully saturated rings. The Morgan fingerprint density at radius 3 is 1.98 bits per heavy atom. The number of aliphatic imine (C=N–C) groups is 1. The molecule has 9 aliphatic rings. The van der Waals surface area contributed by atoms with E-state index >= 15 is 0 Å². The molecule has 5 aliphatic carbocycles. The minimum Gasteiger partial charge on any atom is -0.508 e. The molecule has 4 heterocycles. The summed E-state index contributed by atoms with van der Waals surface area (Å²) in [7, 11) is 7.66. The summed E-state index contributed by atoms with van der Waals surface area (Å²) in [4.78, 5) is 68.0. The first kappa shape index (κ1) is 74.7. The number of carbonyl (C=O) groups is 5. The van der Waals surface area contributed by atoms with E-state index in [0.717, 1.165) is 0 Å². The van der Waals surface area contributed by atoms with Crippen molar-refractivity contribution >= 4 is 47.2 Å². The number of amides is 1. The fraction of sp³-hybridized carbons (Fsp3) is 0.702. The number of primary amides is 1. The molecule has 3 saturated carbocycles. The van der Waals surface area contributed by atoms with Crippen LogP contribution in [0.2, 0.25) is 0 Å². The van der Waals surface area contributed by atoms with Gasteiger partial charge in [0, 0.05) is 23.8 Å². The van der Waals surface area contributed by atoms with E-state index in [2.05, 4.69) is 26.3 Å². The predicted octanol–water partition coefficient (Wildman–Crippen LogP) is -11.2. The van der Waals surface area contributed by atoms with Gasteiger partial charge in [-0.25, -0.2) is 4.99 Å². The van der Waals surface area contributed by atoms with Gasteiger partial charge >= 0.3 is 0 Å². The Balaban J connectivity index is 0.000000189. The van der Waals surface area contributed by atoms with Gasteiger partial charge in [0.05, 0.1) is 66.3 Å². The lowest BCUT2D eigenvalue weighted by Crippen LogP contribution is -2.77. The Labute approximate surface area is 541 Å². The molecular weight excluding hydrogens is 1270 g/mol. The molecule has 0 spiro atoms. The van der Waals surface area contributed by atoms with Gasteiger partial charge in [-0.05, 0) is 74.1 Å². The second-order valence-corrected chi connectivity index (χ2v) is 25.3. The number of rotatable bonds is 13. The first-order chi connectivity index (χ1) is 44.3. The lowest BCUT2D eigenvalue weighted by Gasteiger charge is -2.55. The van der Waals surface area contributed by atoms with Crippen molar-refractivity contribution in [2.24, 2.45) is 39.8 Å². The van der Waals surface area contributed by atoms with Gasteiger partial charge in [-0.1, -0.05) is 12.1 Å². The number of ketones is 3. The van der Waals surface area contributed by atoms with Gasteiger partial charge in [0.1, 0.15) is 96.0 Å². The highest BCUT2D eigenvalue weighted by Crippen LogP contribution is 2.57. The van der Waals surface area contributed by atoms with Gasteiger partial charge in [0.2, 0.25) is 12.1 Å². The number of guanidine groups is 2. The van der Waals surface area contributed by atoms with E-state index in [1.165, 1.54) is 58.1 Å². The summed E-state index contributed by atoms with van der Waals surface area (Å²) in [6.07, 6.45) is -23.1. The molecule has 0 bridgehead atoms. The number of likely N-dealkylation sites (N-methyl/N-ethyl adjacent to an activating group) is 4. The van der Waals surface area contributed by atoms with E-state index < -0.39 is 245 Å². The summed E-state index contributed by atoms with van der Waals surface area (Å²) in [6, 6.07) is -2.30. The van der Waals surface area contributed by atoms with Crippen LogP contribution >= 0.6 is 0 Å². The van der Waals surface area contributed by atoms with Crippen LogP contribution in [0.3, 0.4) is 0 Å². The van der Waals surface area contributed by atoms with Crippen molar-refractivity contribution in [1.82, 2.24) is 26.2 Å². The molecule has 10 rings (SSSR count). The Kier molecular flexibility index (Phi) is 22.0. The number of Topliss-reactive ketones (excluding diaryl/α,β-unsaturated/α-hetero) is 3. The van der Waals surface area contributed by atoms with Crippen LogP contribution in [0.15, 0.2) is 40.1 Å². The smallest absolute Gasteiger partial charge is 0.280 e. The third kappa shape index (κ3) is 12.7. The third-order valence-corrected chi connectivity index (χ3v) is 19.3. The number of nitrogens with one attached hydrogen (secondary N) is 5. The maximum atomic E-state index is 13.7. The first-order valence-electron chi connectivity index (χ1n) is 30.1. The topological polar surface area (TPSA) is 645 Å². The van der Waals surface area contributed by atoms with Gasteiger partial charge in [-0.3, -0.25) is 34.3 Å². The number of phenolic OH excluding ortho intramolecular Hbond substituents is 1. The van der Waals surface area contributed by atoms with E-state index in [-0.39, 0.29) is 30.3 Å². The van der Waals surface area contributed by atoms with E-state index in [9.17, 15) is 101 Å². The van der Waals surface area contributed by atoms with Gasteiger partial charge in [0.15, 0.2) is 53.6 Å². The van der Waals surface area contributed by atoms with Gasteiger partial charge in [0.25, 0.3) is 11.7 Å². The standard InChI is InChI=1S/C22H24N2O8.C21H39N7O12.C14H24N2O7/c1-21(31)8-5-4-6-11(25)12(8)16(26)13-9(21)7-10-15(24(2)3)17(27)14(20(23)30)19(29)22(10,32)18(13)28;1-5-21(36,4-30)16(40-17-9(26-2)13(34)10(31)6(3-29)38-17)18(37-5)39-15-8(28-20(24)25)11(32)7(27-19(22)23)12(33)14(15)35;1-5-4-6(17)14(20)13(21-5)22-12-10(19)7(15-2)9(18)8(16-3)11(12)23-14/h4-6,9-10,15,25-26,29,31-32H,7H2,1-3H3,(H2,23,30);4-18,26,29,31-36H,3H2,1-2H3,(H4,22,23,27)(H4,24,25,28);5,7-13,15-16,18-20H,4H2,1-3H3/t9-,10-,15-,21+,22-;5-,6-,7+,8-,9-,10-,11+,12-,13-,14+,15+,16-,17-,18-,21+;5-,7-,8+,9+,10+,11-,12-,13+,14+/m001/s1. The van der Waals surface area contributed by atoms with Crippen LogP contribution in [0, 0.1) is 17.2 Å². The number of hydrogen-bond acceptors (Lipinski definition) is 33. The Morgan fingerprint density at radius 2 is 1.42 bits per heavy atom. The molecule has 1 amide bonds. The van der Waals surface area contributed by atoms with Crippen LogP contribution in [0.25, 0.3) is 5.76 Å². The number of aldehydes is 1. The monoisotopic (exact) mass is 1360 g/mol. The van der Waals surface area contributed by atoms with Crippen molar-refractivity contribution in [3.8, 4) is 5.75 Å². The van der Waals surface area contributed by atoms with E-state index in [1.54, 1.807) is 21.0 Å². The second-order valence-electron chi connectivity index (χ2n) is 25.3. The van der Waals surface area contributed by atoms with Crippen LogP contribution in [-0.2, 0) is 62.7 Å². The number of carbonyl (C=O) groups excluding carboxylic acids is 5. The quantitative estimate of drug-likeness (QED) is 0.0377. The summed E-state index contributed by atoms with van der Waals surface area (Å²) in [5, 5.41) is 179. The van der Waals surface area contributed by atoms with Crippen molar-refractivity contribution < 1.29 is 134 Å². The number of nitrogens with zero attached hydrogens (tertiary/aromatic N) is 2. The summed E-state index contributed by atoms with van der Waals surface area (Å²) in [6.45, 7) is 3.71. The van der Waals surface area contributed by atoms with Crippen molar-refractivity contribution in [1.29, 1.82) is 5.41 Å². The molecule has 29 atom stereocenters. The Bertz CT molecular complexity index is 3180. The fourth-order valence-corrected chi connectivity index (χ4v) is 14.3. The van der Waals surface area contributed by atoms with Gasteiger partial charge in [-0.15, -0.1) is 0 Å². The van der Waals surface area contributed by atoms with Gasteiger partial charge in [-0.2, -0.15) is 0 Å². The molecule has 4 saturated heterocycles. The average Bonchev–Trinajstić information content (AvgIpc) is 1.20. The molecule has 1 aromatic carbocycles. The minimum absolute atomic E-state index is 0.00220. The number of fused-ring (bicyclic) bond motifs is 5. The summed E-state index contributed by atoms with van der Waals surface area (Å²) in [5.41, 5.74) is 13.3. The van der Waals surface area contributed by atoms with Crippen molar-refractivity contribution in [3.63, 3.8) is 0 Å². The van der Waals surface area contributed by atoms with Crippen molar-refractivity contribution in [3.05, 3.63) is 46.2 Å². The molecule has 4 aliphatic heterocycles. The molecule has 0 aromatic heterocycles. The Morgan fingerprint density at radius 1 is 0.789 bits per heavy atom. The molecule has 95 heavy (non-hydrogen) atoms. The maximum Gasteiger partial charge on any atom is 0.280 e. The molecule has 28 N–H and O–H groups in total. The molecule has 38 heteroatoms. The zero-order valence-corrected chi connectivity index (χ0v) is 52.7. The van der Waals surface area contributed by atoms with Crippen LogP contribution in [0.1, 0.15) is 44.7 Å². The SMILES string of the molecule is CN(C)[C@@H]1C(=O)C(C(N)=O)=C(O)[C@@]2(O)C(=O)C3=C(O)c4c(O)cccc4[C@@](C)(O)[C@H]3C[C@@H]12.CN[C@@H]1[C@H](O)[C@H](NC)[C@H]2O[C@@]3(O)C(=O)C[C@@H](C)O[C@H]3O[C@@H]2[C@H]1O.CN[C@@H]1[C@H](O[C@H]2[C@H](O[C@H]3[C@H](O)[C@@H](O)[C@H](N=C(N)N)[C@@H](O)[C@@H]3NC(=N)N)O[C@@H](C)[C@]2(O)C=O)O[C@@H](CO)[C@H](O)[C@H]1O. The number of benzene rings is 1. The van der Waals surface area contributed by atoms with E-state index in [4.69, 9.17) is 61.5 Å². The number of ether oxygens (including phenoxy) is 7.